The van der Waals surface area contributed by atoms with Crippen molar-refractivity contribution < 1.29 is 9.53 Å². The van der Waals surface area contributed by atoms with Crippen molar-refractivity contribution in [2.45, 2.75) is 38.3 Å². The Bertz CT molecular complexity index is 448. The van der Waals surface area contributed by atoms with E-state index in [0.29, 0.717) is 6.42 Å². The standard InChI is InChI=1S/C15H22N2O2/c1-11-8-13(16)6-7-17(11)15(18)10-12-4-3-5-14(9-12)19-2/h3-5,9,11,13H,6-8,10,16H2,1-2H3. The van der Waals surface area contributed by atoms with Crippen LogP contribution in [0.15, 0.2) is 24.3 Å². The summed E-state index contributed by atoms with van der Waals surface area (Å²) in [6.45, 7) is 2.84. The number of hydrogen-bond donors (Lipinski definition) is 1. The van der Waals surface area contributed by atoms with Crippen LogP contribution in [0.2, 0.25) is 0 Å². The fourth-order valence-electron chi connectivity index (χ4n) is 2.64. The fraction of sp³-hybridized carbons (Fsp3) is 0.533. The third-order valence-corrected chi connectivity index (χ3v) is 3.73. The lowest BCUT2D eigenvalue weighted by molar-refractivity contribution is -0.133. The highest BCUT2D eigenvalue weighted by Crippen LogP contribution is 2.19. The van der Waals surface area contributed by atoms with Crippen LogP contribution >= 0.6 is 0 Å². The number of amides is 1. The molecule has 1 aromatic carbocycles. The monoisotopic (exact) mass is 262 g/mol. The molecule has 2 atom stereocenters. The predicted octanol–water partition coefficient (Wildman–Crippen LogP) is 1.58. The second kappa shape index (κ2) is 6.06. The third kappa shape index (κ3) is 3.47. The van der Waals surface area contributed by atoms with Crippen LogP contribution in [0.5, 0.6) is 5.75 Å². The molecule has 0 spiro atoms. The van der Waals surface area contributed by atoms with E-state index in [-0.39, 0.29) is 18.0 Å². The number of carbonyl (C=O) groups excluding carboxylic acids is 1. The van der Waals surface area contributed by atoms with Crippen molar-refractivity contribution in [2.24, 2.45) is 5.73 Å². The second-order valence-electron chi connectivity index (χ2n) is 5.25. The predicted molar refractivity (Wildman–Crippen MR) is 75.1 cm³/mol. The molecule has 1 heterocycles. The number of piperidine rings is 1. The summed E-state index contributed by atoms with van der Waals surface area (Å²) in [4.78, 5) is 14.3. The zero-order valence-electron chi connectivity index (χ0n) is 11.6. The topological polar surface area (TPSA) is 55.6 Å². The lowest BCUT2D eigenvalue weighted by Gasteiger charge is -2.36. The molecule has 4 heteroatoms. The first-order valence-electron chi connectivity index (χ1n) is 6.78. The van der Waals surface area contributed by atoms with Crippen molar-refractivity contribution in [3.63, 3.8) is 0 Å². The minimum atomic E-state index is 0.174. The fourth-order valence-corrected chi connectivity index (χ4v) is 2.64. The lowest BCUT2D eigenvalue weighted by Crippen LogP contribution is -2.48. The molecule has 0 bridgehead atoms. The van der Waals surface area contributed by atoms with Gasteiger partial charge in [-0.2, -0.15) is 0 Å². The SMILES string of the molecule is COc1cccc(CC(=O)N2CCC(N)CC2C)c1. The van der Waals surface area contributed by atoms with Crippen LogP contribution in [0.1, 0.15) is 25.3 Å². The van der Waals surface area contributed by atoms with E-state index >= 15 is 0 Å². The zero-order valence-corrected chi connectivity index (χ0v) is 11.6. The molecule has 4 nitrogen and oxygen atoms in total. The Hall–Kier alpha value is -1.55. The summed E-state index contributed by atoms with van der Waals surface area (Å²) in [5.41, 5.74) is 6.92. The molecule has 2 unspecified atom stereocenters. The van der Waals surface area contributed by atoms with Crippen LogP contribution in [-0.4, -0.2) is 36.5 Å². The molecule has 0 saturated carbocycles. The van der Waals surface area contributed by atoms with Crippen LogP contribution in [-0.2, 0) is 11.2 Å². The average Bonchev–Trinajstić information content (AvgIpc) is 2.38. The zero-order chi connectivity index (χ0) is 13.8. The van der Waals surface area contributed by atoms with Gasteiger partial charge in [0.1, 0.15) is 5.75 Å². The van der Waals surface area contributed by atoms with Gasteiger partial charge in [0, 0.05) is 18.6 Å². The Morgan fingerprint density at radius 3 is 3.00 bits per heavy atom. The van der Waals surface area contributed by atoms with Crippen LogP contribution in [0, 0.1) is 0 Å². The molecular formula is C15H22N2O2. The Balaban J connectivity index is 2.00. The van der Waals surface area contributed by atoms with E-state index in [2.05, 4.69) is 6.92 Å². The van der Waals surface area contributed by atoms with Crippen LogP contribution in [0.25, 0.3) is 0 Å². The molecule has 0 radical (unpaired) electrons. The molecule has 1 aliphatic rings. The van der Waals surface area contributed by atoms with Crippen molar-refractivity contribution in [3.05, 3.63) is 29.8 Å². The molecule has 2 rings (SSSR count). The summed E-state index contributed by atoms with van der Waals surface area (Å²) in [6.07, 6.45) is 2.22. The van der Waals surface area contributed by atoms with Crippen LogP contribution in [0.3, 0.4) is 0 Å². The molecule has 0 aromatic heterocycles. The van der Waals surface area contributed by atoms with Gasteiger partial charge in [0.2, 0.25) is 5.91 Å². The quantitative estimate of drug-likeness (QED) is 0.899. The Morgan fingerprint density at radius 2 is 2.32 bits per heavy atom. The number of hydrogen-bond acceptors (Lipinski definition) is 3. The van der Waals surface area contributed by atoms with Crippen molar-refractivity contribution in [1.29, 1.82) is 0 Å². The van der Waals surface area contributed by atoms with Gasteiger partial charge >= 0.3 is 0 Å². The summed E-state index contributed by atoms with van der Waals surface area (Å²) in [6, 6.07) is 8.14. The van der Waals surface area contributed by atoms with Crippen molar-refractivity contribution in [3.8, 4) is 5.75 Å². The summed E-state index contributed by atoms with van der Waals surface area (Å²) in [5.74, 6) is 0.965. The minimum Gasteiger partial charge on any atom is -0.497 e. The summed E-state index contributed by atoms with van der Waals surface area (Å²) < 4.78 is 5.18. The molecule has 1 aliphatic heterocycles. The Morgan fingerprint density at radius 1 is 1.53 bits per heavy atom. The Kier molecular flexibility index (Phi) is 4.43. The molecule has 104 valence electrons. The van der Waals surface area contributed by atoms with E-state index in [0.717, 1.165) is 30.7 Å². The molecule has 1 amide bonds. The van der Waals surface area contributed by atoms with Gasteiger partial charge < -0.3 is 15.4 Å². The number of rotatable bonds is 3. The number of nitrogens with two attached hydrogens (primary N) is 1. The van der Waals surface area contributed by atoms with Gasteiger partial charge in [-0.25, -0.2) is 0 Å². The molecule has 1 fully saturated rings. The van der Waals surface area contributed by atoms with E-state index in [1.165, 1.54) is 0 Å². The third-order valence-electron chi connectivity index (χ3n) is 3.73. The maximum atomic E-state index is 12.3. The molecule has 19 heavy (non-hydrogen) atoms. The van der Waals surface area contributed by atoms with E-state index in [9.17, 15) is 4.79 Å². The number of carbonyl (C=O) groups is 1. The largest absolute Gasteiger partial charge is 0.497 e. The van der Waals surface area contributed by atoms with Gasteiger partial charge in [-0.3, -0.25) is 4.79 Å². The van der Waals surface area contributed by atoms with Gasteiger partial charge in [0.15, 0.2) is 0 Å². The first kappa shape index (κ1) is 13.9. The molecule has 2 N–H and O–H groups in total. The number of nitrogens with zero attached hydrogens (tertiary/aromatic N) is 1. The second-order valence-corrected chi connectivity index (χ2v) is 5.25. The first-order chi connectivity index (χ1) is 9.10. The van der Waals surface area contributed by atoms with Crippen LogP contribution < -0.4 is 10.5 Å². The van der Waals surface area contributed by atoms with Gasteiger partial charge in [-0.1, -0.05) is 12.1 Å². The number of ether oxygens (including phenoxy) is 1. The van der Waals surface area contributed by atoms with E-state index in [1.54, 1.807) is 7.11 Å². The number of benzene rings is 1. The van der Waals surface area contributed by atoms with Crippen LogP contribution in [0.4, 0.5) is 0 Å². The number of methoxy groups -OCH3 is 1. The van der Waals surface area contributed by atoms with E-state index < -0.39 is 0 Å². The van der Waals surface area contributed by atoms with Crippen molar-refractivity contribution in [2.75, 3.05) is 13.7 Å². The van der Waals surface area contributed by atoms with Gasteiger partial charge in [0.25, 0.3) is 0 Å². The minimum absolute atomic E-state index is 0.174. The normalized spacial score (nSPS) is 23.2. The molecule has 1 saturated heterocycles. The molecule has 0 aliphatic carbocycles. The summed E-state index contributed by atoms with van der Waals surface area (Å²) in [5, 5.41) is 0. The van der Waals surface area contributed by atoms with E-state index in [4.69, 9.17) is 10.5 Å². The maximum Gasteiger partial charge on any atom is 0.227 e. The van der Waals surface area contributed by atoms with Gasteiger partial charge in [-0.05, 0) is 37.5 Å². The Labute approximate surface area is 114 Å². The van der Waals surface area contributed by atoms with Gasteiger partial charge in [0.05, 0.1) is 13.5 Å². The first-order valence-corrected chi connectivity index (χ1v) is 6.78. The highest BCUT2D eigenvalue weighted by atomic mass is 16.5. The summed E-state index contributed by atoms with van der Waals surface area (Å²) >= 11 is 0. The average molecular weight is 262 g/mol. The maximum absolute atomic E-state index is 12.3. The smallest absolute Gasteiger partial charge is 0.227 e. The highest BCUT2D eigenvalue weighted by molar-refractivity contribution is 5.79. The molecular weight excluding hydrogens is 240 g/mol. The summed E-state index contributed by atoms with van der Waals surface area (Å²) in [7, 11) is 1.63. The van der Waals surface area contributed by atoms with Crippen molar-refractivity contribution >= 4 is 5.91 Å². The highest BCUT2D eigenvalue weighted by Gasteiger charge is 2.26. The lowest BCUT2D eigenvalue weighted by atomic mass is 9.98. The van der Waals surface area contributed by atoms with E-state index in [1.807, 2.05) is 29.2 Å². The number of likely N-dealkylation sites (tertiary alicyclic amines) is 1. The molecule has 1 aromatic rings. The van der Waals surface area contributed by atoms with Crippen molar-refractivity contribution in [1.82, 2.24) is 4.90 Å². The van der Waals surface area contributed by atoms with Gasteiger partial charge in [-0.15, -0.1) is 0 Å².